The third-order valence-corrected chi connectivity index (χ3v) is 5.58. The molecule has 2 aliphatic rings. The van der Waals surface area contributed by atoms with Crippen LogP contribution in [0.5, 0.6) is 5.75 Å². The molecule has 2 N–H and O–H groups in total. The molecule has 0 radical (unpaired) electrons. The zero-order valence-electron chi connectivity index (χ0n) is 18.0. The third kappa shape index (κ3) is 8.05. The highest BCUT2D eigenvalue weighted by molar-refractivity contribution is 6.26. The van der Waals surface area contributed by atoms with Gasteiger partial charge in [0.15, 0.2) is 17.4 Å². The van der Waals surface area contributed by atoms with Crippen LogP contribution >= 0.6 is 0 Å². The highest BCUT2D eigenvalue weighted by atomic mass is 16.5. The Labute approximate surface area is 183 Å². The summed E-state index contributed by atoms with van der Waals surface area (Å²) in [5.74, 6) is -2.24. The first-order valence-electron chi connectivity index (χ1n) is 10.9. The molecule has 2 fully saturated rings. The van der Waals surface area contributed by atoms with E-state index in [9.17, 15) is 4.79 Å². The number of piperazine rings is 1. The van der Waals surface area contributed by atoms with E-state index in [2.05, 4.69) is 18.2 Å². The minimum atomic E-state index is -2.07. The zero-order chi connectivity index (χ0) is 22.6. The number of amides is 1. The quantitative estimate of drug-likeness (QED) is 0.515. The van der Waals surface area contributed by atoms with Crippen molar-refractivity contribution in [1.82, 2.24) is 4.90 Å². The number of allylic oxidation sites excluding steroid dienone is 1. The Morgan fingerprint density at radius 3 is 2.35 bits per heavy atom. The number of carbonyl (C=O) groups excluding carboxylic acids is 2. The Kier molecular flexibility index (Phi) is 10.0. The standard InChI is InChI=1S/C21H30N2O2.C2H2O4/c1-2-25-20-11-7-6-10-19(20)22-14-16-23(17-15-22)21(24)13-12-18-8-4-3-5-9-18;3-1(4)2(5)6/h6-7,10-13,18H,2-5,8-9,14-17H2,1H3;(H,3,4)(H,5,6)/b13-12+;. The summed E-state index contributed by atoms with van der Waals surface area (Å²) in [7, 11) is 0. The van der Waals surface area contributed by atoms with Crippen LogP contribution < -0.4 is 14.7 Å². The van der Waals surface area contributed by atoms with Crippen molar-refractivity contribution in [1.29, 1.82) is 0 Å². The second-order valence-corrected chi connectivity index (χ2v) is 7.71. The van der Waals surface area contributed by atoms with Crippen LogP contribution in [0.3, 0.4) is 0 Å². The Bertz CT molecular complexity index is 753. The van der Waals surface area contributed by atoms with Crippen LogP contribution in [-0.4, -0.2) is 60.6 Å². The molecule has 8 heteroatoms. The first-order valence-corrected chi connectivity index (χ1v) is 10.9. The smallest absolute Gasteiger partial charge is 0.351 e. The average Bonchev–Trinajstić information content (AvgIpc) is 2.79. The van der Waals surface area contributed by atoms with E-state index in [1.54, 1.807) is 0 Å². The lowest BCUT2D eigenvalue weighted by Gasteiger charge is -2.32. The average molecular weight is 433 g/mol. The van der Waals surface area contributed by atoms with Gasteiger partial charge in [-0.25, -0.2) is 4.79 Å². The number of aliphatic carboxylic acids is 2. The van der Waals surface area contributed by atoms with Crippen LogP contribution in [0.25, 0.3) is 0 Å². The Balaban J connectivity index is 0.000000501. The number of hydrogen-bond acceptors (Lipinski definition) is 5. The number of para-hydroxylation sites is 2. The van der Waals surface area contributed by atoms with Crippen LogP contribution in [0.15, 0.2) is 36.4 Å². The van der Waals surface area contributed by atoms with E-state index in [1.165, 1.54) is 42.7 Å². The van der Waals surface area contributed by atoms with E-state index in [-0.39, 0.29) is 5.91 Å². The van der Waals surface area contributed by atoms with E-state index in [0.29, 0.717) is 12.5 Å². The minimum Gasteiger partial charge on any atom is -0.539 e. The summed E-state index contributed by atoms with van der Waals surface area (Å²) in [5.41, 5.74) is 1.22. The summed E-state index contributed by atoms with van der Waals surface area (Å²) in [6, 6.07) is 8.26. The number of carboxylic acid groups (broad SMARTS) is 2. The highest BCUT2D eigenvalue weighted by Gasteiger charge is 2.26. The third-order valence-electron chi connectivity index (χ3n) is 5.58. The van der Waals surface area contributed by atoms with Gasteiger partial charge in [-0.05, 0) is 37.8 Å². The molecule has 1 heterocycles. The molecule has 3 rings (SSSR count). The fourth-order valence-electron chi connectivity index (χ4n) is 3.96. The van der Waals surface area contributed by atoms with Gasteiger partial charge in [-0.3, -0.25) is 9.69 Å². The number of rotatable bonds is 5. The summed E-state index contributed by atoms with van der Waals surface area (Å²) in [5, 5.41) is 16.3. The number of nitrogens with zero attached hydrogens (tertiary/aromatic N) is 1. The molecular formula is C23H32N2O6. The summed E-state index contributed by atoms with van der Waals surface area (Å²) in [4.78, 5) is 33.9. The van der Waals surface area contributed by atoms with Crippen molar-refractivity contribution >= 4 is 23.5 Å². The molecule has 0 aromatic heterocycles. The van der Waals surface area contributed by atoms with Gasteiger partial charge in [-0.2, -0.15) is 0 Å². The predicted molar refractivity (Wildman–Crippen MR) is 113 cm³/mol. The Morgan fingerprint density at radius 2 is 1.77 bits per heavy atom. The van der Waals surface area contributed by atoms with Crippen molar-refractivity contribution in [3.63, 3.8) is 0 Å². The van der Waals surface area contributed by atoms with Crippen molar-refractivity contribution in [3.05, 3.63) is 36.4 Å². The van der Waals surface area contributed by atoms with Gasteiger partial charge in [0.2, 0.25) is 5.91 Å². The molecule has 1 aliphatic heterocycles. The number of quaternary nitrogens is 1. The normalized spacial score (nSPS) is 17.6. The fraction of sp³-hybridized carbons (Fsp3) is 0.522. The van der Waals surface area contributed by atoms with E-state index in [4.69, 9.17) is 24.5 Å². The minimum absolute atomic E-state index is 0.183. The van der Waals surface area contributed by atoms with Crippen molar-refractivity contribution in [2.75, 3.05) is 32.8 Å². The van der Waals surface area contributed by atoms with Gasteiger partial charge < -0.3 is 24.6 Å². The van der Waals surface area contributed by atoms with Crippen LogP contribution in [-0.2, 0) is 14.4 Å². The lowest BCUT2D eigenvalue weighted by Crippen LogP contribution is -3.10. The molecule has 170 valence electrons. The molecule has 0 bridgehead atoms. The number of ether oxygens (including phenoxy) is 1. The topological polar surface area (TPSA) is 111 Å². The molecule has 8 nitrogen and oxygen atoms in total. The van der Waals surface area contributed by atoms with E-state index >= 15 is 0 Å². The lowest BCUT2D eigenvalue weighted by molar-refractivity contribution is -0.837. The van der Waals surface area contributed by atoms with Crippen molar-refractivity contribution in [2.24, 2.45) is 5.92 Å². The molecule has 31 heavy (non-hydrogen) atoms. The van der Waals surface area contributed by atoms with Crippen LogP contribution in [0.4, 0.5) is 5.69 Å². The van der Waals surface area contributed by atoms with Crippen molar-refractivity contribution in [3.8, 4) is 5.75 Å². The summed E-state index contributed by atoms with van der Waals surface area (Å²) in [6.07, 6.45) is 10.5. The lowest BCUT2D eigenvalue weighted by atomic mass is 9.89. The molecule has 0 unspecified atom stereocenters. The summed E-state index contributed by atoms with van der Waals surface area (Å²) < 4.78 is 5.76. The molecule has 1 saturated heterocycles. The van der Waals surface area contributed by atoms with Gasteiger partial charge in [0, 0.05) is 6.07 Å². The van der Waals surface area contributed by atoms with Gasteiger partial charge >= 0.3 is 5.97 Å². The van der Waals surface area contributed by atoms with Gasteiger partial charge in [0.1, 0.15) is 0 Å². The van der Waals surface area contributed by atoms with E-state index < -0.39 is 11.9 Å². The molecule has 1 amide bonds. The van der Waals surface area contributed by atoms with Gasteiger partial charge in [-0.1, -0.05) is 37.5 Å². The molecule has 1 saturated carbocycles. The maximum Gasteiger partial charge on any atom is 0.351 e. The zero-order valence-corrected chi connectivity index (χ0v) is 18.0. The Hall–Kier alpha value is -2.87. The molecule has 1 aromatic rings. The second kappa shape index (κ2) is 12.7. The SMILES string of the molecule is CCOc1ccccc1[NH+]1CCN(C(=O)/C=C/C2CCCCC2)CC1.O=C([O-])C(=O)O. The fourth-order valence-corrected chi connectivity index (χ4v) is 3.96. The van der Waals surface area contributed by atoms with Crippen molar-refractivity contribution in [2.45, 2.75) is 39.0 Å². The molecule has 1 aromatic carbocycles. The molecule has 1 aliphatic carbocycles. The Morgan fingerprint density at radius 1 is 1.16 bits per heavy atom. The van der Waals surface area contributed by atoms with Crippen LogP contribution in [0.1, 0.15) is 39.0 Å². The van der Waals surface area contributed by atoms with Gasteiger partial charge in [0.05, 0.1) is 32.8 Å². The number of carbonyl (C=O) groups is 3. The largest absolute Gasteiger partial charge is 0.539 e. The predicted octanol–water partition coefficient (Wildman–Crippen LogP) is 0.401. The number of nitrogens with one attached hydrogen (secondary N) is 1. The van der Waals surface area contributed by atoms with E-state index in [0.717, 1.165) is 31.9 Å². The van der Waals surface area contributed by atoms with Crippen LogP contribution in [0, 0.1) is 5.92 Å². The first kappa shape index (κ1) is 24.4. The van der Waals surface area contributed by atoms with Gasteiger partial charge in [0.25, 0.3) is 0 Å². The summed E-state index contributed by atoms with van der Waals surface area (Å²) in [6.45, 7) is 6.19. The second-order valence-electron chi connectivity index (χ2n) is 7.71. The van der Waals surface area contributed by atoms with Gasteiger partial charge in [-0.15, -0.1) is 0 Å². The van der Waals surface area contributed by atoms with E-state index in [1.807, 2.05) is 30.0 Å². The maximum absolute atomic E-state index is 12.5. The first-order chi connectivity index (χ1) is 14.9. The monoisotopic (exact) mass is 432 g/mol. The van der Waals surface area contributed by atoms with Crippen molar-refractivity contribution < 1.29 is 34.2 Å². The van der Waals surface area contributed by atoms with Crippen LogP contribution in [0.2, 0.25) is 0 Å². The number of benzene rings is 1. The highest BCUT2D eigenvalue weighted by Crippen LogP contribution is 2.24. The molecular weight excluding hydrogens is 400 g/mol. The number of carboxylic acids is 2. The summed E-state index contributed by atoms with van der Waals surface area (Å²) >= 11 is 0. The number of hydrogen-bond donors (Lipinski definition) is 2. The molecule has 0 spiro atoms. The molecule has 0 atom stereocenters. The maximum atomic E-state index is 12.5.